The molecule has 0 unspecified atom stereocenters. The van der Waals surface area contributed by atoms with Crippen molar-refractivity contribution < 1.29 is 4.42 Å². The molecule has 0 amide bonds. The Balaban J connectivity index is 2.42. The van der Waals surface area contributed by atoms with Gasteiger partial charge in [-0.3, -0.25) is 0 Å². The molecule has 0 aliphatic carbocycles. The van der Waals surface area contributed by atoms with E-state index in [9.17, 15) is 0 Å². The van der Waals surface area contributed by atoms with E-state index < -0.39 is 0 Å². The van der Waals surface area contributed by atoms with Crippen molar-refractivity contribution in [3.63, 3.8) is 0 Å². The number of hydrogen-bond donors (Lipinski definition) is 1. The average molecular weight is 225 g/mol. The fraction of sp³-hybridized carbons (Fsp3) is 0.364. The Morgan fingerprint density at radius 1 is 1.47 bits per heavy atom. The molecule has 0 fully saturated rings. The second kappa shape index (κ2) is 4.21. The molecule has 2 N–H and O–H groups in total. The molecule has 0 spiro atoms. The van der Waals surface area contributed by atoms with Crippen LogP contribution >= 0.6 is 11.6 Å². The number of nitrogens with zero attached hydrogens (tertiary/aromatic N) is 1. The summed E-state index contributed by atoms with van der Waals surface area (Å²) in [5.41, 5.74) is 8.15. The van der Waals surface area contributed by atoms with Gasteiger partial charge in [0.25, 0.3) is 0 Å². The van der Waals surface area contributed by atoms with Crippen LogP contribution in [0.15, 0.2) is 16.5 Å². The predicted molar refractivity (Wildman–Crippen MR) is 61.1 cm³/mol. The van der Waals surface area contributed by atoms with Crippen LogP contribution in [-0.2, 0) is 6.42 Å². The number of benzene rings is 1. The zero-order chi connectivity index (χ0) is 10.8. The van der Waals surface area contributed by atoms with Gasteiger partial charge in [0.1, 0.15) is 5.52 Å². The Morgan fingerprint density at radius 3 is 3.00 bits per heavy atom. The van der Waals surface area contributed by atoms with Gasteiger partial charge in [-0.05, 0) is 37.1 Å². The average Bonchev–Trinajstić information content (AvgIpc) is 2.53. The summed E-state index contributed by atoms with van der Waals surface area (Å²) in [5, 5.41) is 0.740. The Morgan fingerprint density at radius 2 is 2.27 bits per heavy atom. The Labute approximate surface area is 93.2 Å². The summed E-state index contributed by atoms with van der Waals surface area (Å²) in [6, 6.07) is 3.80. The van der Waals surface area contributed by atoms with E-state index in [0.717, 1.165) is 34.5 Å². The van der Waals surface area contributed by atoms with Gasteiger partial charge >= 0.3 is 0 Å². The van der Waals surface area contributed by atoms with Crippen LogP contribution in [0.2, 0.25) is 5.02 Å². The number of rotatable bonds is 3. The molecular weight excluding hydrogens is 212 g/mol. The van der Waals surface area contributed by atoms with E-state index in [0.29, 0.717) is 12.4 Å². The summed E-state index contributed by atoms with van der Waals surface area (Å²) in [6.45, 7) is 2.50. The van der Waals surface area contributed by atoms with Gasteiger partial charge in [-0.1, -0.05) is 11.6 Å². The van der Waals surface area contributed by atoms with Gasteiger partial charge in [-0.15, -0.1) is 0 Å². The lowest BCUT2D eigenvalue weighted by molar-refractivity contribution is 0.560. The molecule has 0 atom stereocenters. The zero-order valence-corrected chi connectivity index (χ0v) is 9.34. The Hall–Kier alpha value is -1.06. The first-order valence-electron chi connectivity index (χ1n) is 4.96. The van der Waals surface area contributed by atoms with Crippen molar-refractivity contribution in [2.75, 3.05) is 6.54 Å². The van der Waals surface area contributed by atoms with Gasteiger partial charge in [0.15, 0.2) is 11.5 Å². The molecule has 0 radical (unpaired) electrons. The predicted octanol–water partition coefficient (Wildman–Crippen LogP) is 2.68. The molecule has 0 aliphatic heterocycles. The van der Waals surface area contributed by atoms with E-state index in [1.807, 2.05) is 19.1 Å². The van der Waals surface area contributed by atoms with E-state index in [1.54, 1.807) is 0 Å². The minimum absolute atomic E-state index is 0.664. The normalized spacial score (nSPS) is 11.1. The molecule has 0 bridgehead atoms. The summed E-state index contributed by atoms with van der Waals surface area (Å²) in [5.74, 6) is 0.664. The van der Waals surface area contributed by atoms with Crippen molar-refractivity contribution in [3.8, 4) is 0 Å². The molecule has 0 saturated carbocycles. The minimum atomic E-state index is 0.664. The standard InChI is InChI=1S/C11H13ClN2O/c1-7-14-10-6-9(12)8(3-2-4-13)5-11(10)15-7/h5-6H,2-4,13H2,1H3. The SMILES string of the molecule is Cc1nc2cc(Cl)c(CCCN)cc2o1. The highest BCUT2D eigenvalue weighted by atomic mass is 35.5. The first-order valence-corrected chi connectivity index (χ1v) is 5.34. The third-order valence-corrected chi connectivity index (χ3v) is 2.67. The van der Waals surface area contributed by atoms with Crippen LogP contribution in [0.5, 0.6) is 0 Å². The smallest absolute Gasteiger partial charge is 0.192 e. The van der Waals surface area contributed by atoms with Crippen LogP contribution in [0.1, 0.15) is 17.9 Å². The molecular formula is C11H13ClN2O. The second-order valence-electron chi connectivity index (χ2n) is 3.54. The lowest BCUT2D eigenvalue weighted by Gasteiger charge is -2.02. The molecule has 80 valence electrons. The number of fused-ring (bicyclic) bond motifs is 1. The number of aromatic nitrogens is 1. The maximum absolute atomic E-state index is 6.13. The fourth-order valence-corrected chi connectivity index (χ4v) is 1.84. The van der Waals surface area contributed by atoms with E-state index in [4.69, 9.17) is 21.8 Å². The quantitative estimate of drug-likeness (QED) is 0.872. The topological polar surface area (TPSA) is 52.0 Å². The van der Waals surface area contributed by atoms with Gasteiger partial charge in [0.2, 0.25) is 0 Å². The molecule has 0 saturated heterocycles. The van der Waals surface area contributed by atoms with Crippen LogP contribution in [0.25, 0.3) is 11.1 Å². The highest BCUT2D eigenvalue weighted by Crippen LogP contribution is 2.25. The van der Waals surface area contributed by atoms with Crippen LogP contribution in [0, 0.1) is 6.92 Å². The fourth-order valence-electron chi connectivity index (χ4n) is 1.59. The van der Waals surface area contributed by atoms with E-state index in [1.165, 1.54) is 0 Å². The van der Waals surface area contributed by atoms with Crippen molar-refractivity contribution in [3.05, 3.63) is 28.6 Å². The summed E-state index contributed by atoms with van der Waals surface area (Å²) in [4.78, 5) is 4.22. The van der Waals surface area contributed by atoms with Crippen LogP contribution in [0.4, 0.5) is 0 Å². The third kappa shape index (κ3) is 2.13. The molecule has 0 aliphatic rings. The van der Waals surface area contributed by atoms with Crippen molar-refractivity contribution in [1.82, 2.24) is 4.98 Å². The van der Waals surface area contributed by atoms with Crippen molar-refractivity contribution in [2.24, 2.45) is 5.73 Å². The Bertz CT molecular complexity index is 479. The Kier molecular flexibility index (Phi) is 2.93. The van der Waals surface area contributed by atoms with E-state index in [2.05, 4.69) is 4.98 Å². The maximum Gasteiger partial charge on any atom is 0.192 e. The minimum Gasteiger partial charge on any atom is -0.441 e. The van der Waals surface area contributed by atoms with Gasteiger partial charge in [-0.25, -0.2) is 4.98 Å². The first kappa shape index (κ1) is 10.5. The van der Waals surface area contributed by atoms with Crippen LogP contribution in [0.3, 0.4) is 0 Å². The van der Waals surface area contributed by atoms with Crippen molar-refractivity contribution >= 4 is 22.7 Å². The van der Waals surface area contributed by atoms with E-state index >= 15 is 0 Å². The molecule has 1 heterocycles. The summed E-state index contributed by atoms with van der Waals surface area (Å²) in [7, 11) is 0. The highest BCUT2D eigenvalue weighted by molar-refractivity contribution is 6.32. The molecule has 2 rings (SSSR count). The number of hydrogen-bond acceptors (Lipinski definition) is 3. The number of halogens is 1. The molecule has 3 nitrogen and oxygen atoms in total. The maximum atomic E-state index is 6.13. The zero-order valence-electron chi connectivity index (χ0n) is 8.59. The van der Waals surface area contributed by atoms with Crippen LogP contribution < -0.4 is 5.73 Å². The van der Waals surface area contributed by atoms with Gasteiger partial charge in [0.05, 0.1) is 0 Å². The molecule has 1 aromatic heterocycles. The molecule has 2 aromatic rings. The number of nitrogens with two attached hydrogens (primary N) is 1. The number of oxazole rings is 1. The third-order valence-electron chi connectivity index (χ3n) is 2.31. The second-order valence-corrected chi connectivity index (χ2v) is 3.94. The molecule has 15 heavy (non-hydrogen) atoms. The largest absolute Gasteiger partial charge is 0.441 e. The molecule has 1 aromatic carbocycles. The lowest BCUT2D eigenvalue weighted by Crippen LogP contribution is -2.00. The number of aryl methyl sites for hydroxylation is 2. The van der Waals surface area contributed by atoms with Gasteiger partial charge in [-0.2, -0.15) is 0 Å². The summed E-state index contributed by atoms with van der Waals surface area (Å²) in [6.07, 6.45) is 1.81. The van der Waals surface area contributed by atoms with E-state index in [-0.39, 0.29) is 0 Å². The van der Waals surface area contributed by atoms with Crippen molar-refractivity contribution in [1.29, 1.82) is 0 Å². The van der Waals surface area contributed by atoms with Crippen LogP contribution in [-0.4, -0.2) is 11.5 Å². The molecule has 4 heteroatoms. The summed E-state index contributed by atoms with van der Waals surface area (Å²) < 4.78 is 5.44. The monoisotopic (exact) mass is 224 g/mol. The van der Waals surface area contributed by atoms with Gasteiger partial charge < -0.3 is 10.2 Å². The lowest BCUT2D eigenvalue weighted by atomic mass is 10.1. The van der Waals surface area contributed by atoms with Gasteiger partial charge in [0, 0.05) is 11.9 Å². The summed E-state index contributed by atoms with van der Waals surface area (Å²) >= 11 is 6.13. The highest BCUT2D eigenvalue weighted by Gasteiger charge is 2.07. The first-order chi connectivity index (χ1) is 7.20. The van der Waals surface area contributed by atoms with Crippen molar-refractivity contribution in [2.45, 2.75) is 19.8 Å².